The molecule has 0 unspecified atom stereocenters. The van der Waals surface area contributed by atoms with Crippen molar-refractivity contribution < 1.29 is 4.79 Å². The molecular weight excluding hydrogens is 228 g/mol. The first-order valence-electron chi connectivity index (χ1n) is 6.27. The largest absolute Gasteiger partial charge is 0.352 e. The number of carbonyl (C=O) groups excluding carboxylic acids is 1. The van der Waals surface area contributed by atoms with Gasteiger partial charge in [0.2, 0.25) is 5.91 Å². The van der Waals surface area contributed by atoms with Crippen LogP contribution < -0.4 is 16.0 Å². The van der Waals surface area contributed by atoms with Crippen molar-refractivity contribution in [3.8, 4) is 0 Å². The number of carbonyl (C=O) groups is 1. The van der Waals surface area contributed by atoms with E-state index in [0.717, 1.165) is 29.9 Å². The fraction of sp³-hybridized carbons (Fsp3) is 0.538. The minimum Gasteiger partial charge on any atom is -0.352 e. The van der Waals surface area contributed by atoms with Crippen molar-refractivity contribution in [1.82, 2.24) is 10.3 Å². The molecule has 1 amide bonds. The lowest BCUT2D eigenvalue weighted by atomic mass is 10.2. The number of rotatable bonds is 5. The number of anilines is 1. The molecule has 5 nitrogen and oxygen atoms in total. The van der Waals surface area contributed by atoms with Gasteiger partial charge in [0.25, 0.3) is 0 Å². The summed E-state index contributed by atoms with van der Waals surface area (Å²) in [5, 5.41) is 2.97. The molecule has 1 saturated carbocycles. The van der Waals surface area contributed by atoms with Crippen molar-refractivity contribution in [2.24, 2.45) is 5.73 Å². The van der Waals surface area contributed by atoms with Crippen LogP contribution in [0.2, 0.25) is 0 Å². The number of amides is 1. The molecule has 1 aromatic rings. The SMILES string of the molecule is Cc1ccc(CN)c(N(C)CC(=O)NC2CC2)n1. The molecule has 1 aliphatic rings. The molecule has 1 aliphatic carbocycles. The van der Waals surface area contributed by atoms with Crippen LogP contribution in [0.25, 0.3) is 0 Å². The van der Waals surface area contributed by atoms with E-state index < -0.39 is 0 Å². The quantitative estimate of drug-likeness (QED) is 0.799. The Bertz CT molecular complexity index is 443. The molecule has 1 fully saturated rings. The number of hydrogen-bond donors (Lipinski definition) is 2. The van der Waals surface area contributed by atoms with E-state index in [9.17, 15) is 4.79 Å². The molecule has 0 aromatic carbocycles. The van der Waals surface area contributed by atoms with Crippen molar-refractivity contribution >= 4 is 11.7 Å². The van der Waals surface area contributed by atoms with Gasteiger partial charge in [-0.3, -0.25) is 4.79 Å². The number of pyridine rings is 1. The Balaban J connectivity index is 2.04. The molecule has 0 aliphatic heterocycles. The lowest BCUT2D eigenvalue weighted by Gasteiger charge is -2.20. The normalized spacial score (nSPS) is 14.4. The molecule has 98 valence electrons. The van der Waals surface area contributed by atoms with Gasteiger partial charge in [0.1, 0.15) is 5.82 Å². The lowest BCUT2D eigenvalue weighted by molar-refractivity contribution is -0.119. The third kappa shape index (κ3) is 3.20. The van der Waals surface area contributed by atoms with Crippen molar-refractivity contribution in [3.05, 3.63) is 23.4 Å². The Labute approximate surface area is 107 Å². The molecular formula is C13H20N4O. The summed E-state index contributed by atoms with van der Waals surface area (Å²) in [5.41, 5.74) is 7.58. The van der Waals surface area contributed by atoms with Crippen molar-refractivity contribution in [1.29, 1.82) is 0 Å². The van der Waals surface area contributed by atoms with Crippen LogP contribution in [0.5, 0.6) is 0 Å². The van der Waals surface area contributed by atoms with E-state index in [2.05, 4.69) is 10.3 Å². The highest BCUT2D eigenvalue weighted by Crippen LogP contribution is 2.19. The van der Waals surface area contributed by atoms with Crippen molar-refractivity contribution in [2.75, 3.05) is 18.5 Å². The smallest absolute Gasteiger partial charge is 0.239 e. The fourth-order valence-electron chi connectivity index (χ4n) is 1.85. The Morgan fingerprint density at radius 3 is 2.89 bits per heavy atom. The van der Waals surface area contributed by atoms with E-state index in [1.165, 1.54) is 0 Å². The molecule has 18 heavy (non-hydrogen) atoms. The molecule has 1 heterocycles. The zero-order valence-corrected chi connectivity index (χ0v) is 10.9. The maximum absolute atomic E-state index is 11.7. The summed E-state index contributed by atoms with van der Waals surface area (Å²) >= 11 is 0. The Morgan fingerprint density at radius 1 is 1.56 bits per heavy atom. The van der Waals surface area contributed by atoms with E-state index in [1.54, 1.807) is 0 Å². The summed E-state index contributed by atoms with van der Waals surface area (Å²) < 4.78 is 0. The number of aromatic nitrogens is 1. The van der Waals surface area contributed by atoms with Gasteiger partial charge in [-0.1, -0.05) is 6.07 Å². The van der Waals surface area contributed by atoms with Gasteiger partial charge in [0.05, 0.1) is 6.54 Å². The van der Waals surface area contributed by atoms with Crippen LogP contribution in [0.3, 0.4) is 0 Å². The Morgan fingerprint density at radius 2 is 2.28 bits per heavy atom. The molecule has 5 heteroatoms. The average molecular weight is 248 g/mol. The average Bonchev–Trinajstić information content (AvgIpc) is 3.12. The first-order chi connectivity index (χ1) is 8.60. The van der Waals surface area contributed by atoms with Crippen LogP contribution in [0.4, 0.5) is 5.82 Å². The van der Waals surface area contributed by atoms with Crippen LogP contribution >= 0.6 is 0 Å². The summed E-state index contributed by atoms with van der Waals surface area (Å²) in [6, 6.07) is 4.29. The number of nitrogens with zero attached hydrogens (tertiary/aromatic N) is 2. The van der Waals surface area contributed by atoms with Gasteiger partial charge in [-0.05, 0) is 25.8 Å². The van der Waals surface area contributed by atoms with Gasteiger partial charge in [-0.25, -0.2) is 4.98 Å². The molecule has 1 aromatic heterocycles. The van der Waals surface area contributed by atoms with Gasteiger partial charge in [-0.2, -0.15) is 0 Å². The van der Waals surface area contributed by atoms with E-state index in [1.807, 2.05) is 31.0 Å². The van der Waals surface area contributed by atoms with Gasteiger partial charge in [0, 0.05) is 30.9 Å². The summed E-state index contributed by atoms with van der Waals surface area (Å²) in [6.07, 6.45) is 2.21. The zero-order valence-electron chi connectivity index (χ0n) is 10.9. The van der Waals surface area contributed by atoms with E-state index in [4.69, 9.17) is 5.73 Å². The van der Waals surface area contributed by atoms with Crippen LogP contribution in [0, 0.1) is 6.92 Å². The summed E-state index contributed by atoms with van der Waals surface area (Å²) in [6.45, 7) is 2.68. The number of nitrogens with one attached hydrogen (secondary N) is 1. The maximum Gasteiger partial charge on any atom is 0.239 e. The predicted octanol–water partition coefficient (Wildman–Crippen LogP) is 0.564. The first kappa shape index (κ1) is 12.8. The van der Waals surface area contributed by atoms with Crippen LogP contribution in [0.15, 0.2) is 12.1 Å². The highest BCUT2D eigenvalue weighted by Gasteiger charge is 2.24. The lowest BCUT2D eigenvalue weighted by Crippen LogP contribution is -2.37. The Kier molecular flexibility index (Phi) is 3.81. The first-order valence-corrected chi connectivity index (χ1v) is 6.27. The standard InChI is InChI=1S/C13H20N4O/c1-9-3-4-10(7-14)13(15-9)17(2)8-12(18)16-11-5-6-11/h3-4,11H,5-8,14H2,1-2H3,(H,16,18). The fourth-order valence-corrected chi connectivity index (χ4v) is 1.85. The second-order valence-corrected chi connectivity index (χ2v) is 4.84. The minimum atomic E-state index is 0.0475. The molecule has 0 bridgehead atoms. The molecule has 0 radical (unpaired) electrons. The Hall–Kier alpha value is -1.62. The van der Waals surface area contributed by atoms with Crippen LogP contribution in [-0.4, -0.2) is 30.5 Å². The second-order valence-electron chi connectivity index (χ2n) is 4.84. The van der Waals surface area contributed by atoms with E-state index in [0.29, 0.717) is 19.1 Å². The third-order valence-electron chi connectivity index (χ3n) is 3.00. The van der Waals surface area contributed by atoms with Gasteiger partial charge >= 0.3 is 0 Å². The monoisotopic (exact) mass is 248 g/mol. The third-order valence-corrected chi connectivity index (χ3v) is 3.00. The second kappa shape index (κ2) is 5.35. The summed E-state index contributed by atoms with van der Waals surface area (Å²) in [5.74, 6) is 0.842. The van der Waals surface area contributed by atoms with Crippen LogP contribution in [0.1, 0.15) is 24.1 Å². The molecule has 0 spiro atoms. The molecule has 2 rings (SSSR count). The van der Waals surface area contributed by atoms with E-state index >= 15 is 0 Å². The topological polar surface area (TPSA) is 71.2 Å². The number of hydrogen-bond acceptors (Lipinski definition) is 4. The molecule has 0 atom stereocenters. The number of likely N-dealkylation sites (N-methyl/N-ethyl adjacent to an activating group) is 1. The zero-order chi connectivity index (χ0) is 13.1. The highest BCUT2D eigenvalue weighted by atomic mass is 16.2. The number of nitrogens with two attached hydrogens (primary N) is 1. The van der Waals surface area contributed by atoms with Crippen molar-refractivity contribution in [3.63, 3.8) is 0 Å². The van der Waals surface area contributed by atoms with Gasteiger partial charge in [0.15, 0.2) is 0 Å². The summed E-state index contributed by atoms with van der Waals surface area (Å²) in [4.78, 5) is 18.1. The highest BCUT2D eigenvalue weighted by molar-refractivity contribution is 5.81. The maximum atomic E-state index is 11.7. The summed E-state index contributed by atoms with van der Waals surface area (Å²) in [7, 11) is 1.87. The van der Waals surface area contributed by atoms with E-state index in [-0.39, 0.29) is 5.91 Å². The molecule has 0 saturated heterocycles. The van der Waals surface area contributed by atoms with Gasteiger partial charge in [-0.15, -0.1) is 0 Å². The molecule has 3 N–H and O–H groups in total. The van der Waals surface area contributed by atoms with Crippen LogP contribution in [-0.2, 0) is 11.3 Å². The minimum absolute atomic E-state index is 0.0475. The van der Waals surface area contributed by atoms with Gasteiger partial charge < -0.3 is 16.0 Å². The predicted molar refractivity (Wildman–Crippen MR) is 71.3 cm³/mol. The van der Waals surface area contributed by atoms with Crippen molar-refractivity contribution in [2.45, 2.75) is 32.4 Å². The number of aryl methyl sites for hydroxylation is 1.